The third-order valence-corrected chi connectivity index (χ3v) is 2.40. The van der Waals surface area contributed by atoms with Gasteiger partial charge in [0.25, 0.3) is 0 Å². The standard InChI is InChI=1S/C8H17NO3/c1-2-3-5-7(11)8(12)6(4-10)9-5/h5-12H,2-4H2,1H3/t5-,6-,7+,8+/m0/s1. The van der Waals surface area contributed by atoms with Gasteiger partial charge in [0.15, 0.2) is 0 Å². The molecule has 1 heterocycles. The molecule has 0 radical (unpaired) electrons. The Balaban J connectivity index is 2.48. The molecule has 0 bridgehead atoms. The first-order valence-corrected chi connectivity index (χ1v) is 4.43. The number of aliphatic hydroxyl groups excluding tert-OH is 3. The molecule has 4 N–H and O–H groups in total. The van der Waals surface area contributed by atoms with Crippen molar-refractivity contribution in [3.8, 4) is 0 Å². The summed E-state index contributed by atoms with van der Waals surface area (Å²) < 4.78 is 0. The minimum Gasteiger partial charge on any atom is -0.395 e. The summed E-state index contributed by atoms with van der Waals surface area (Å²) in [6.45, 7) is 1.89. The largest absolute Gasteiger partial charge is 0.395 e. The lowest BCUT2D eigenvalue weighted by Gasteiger charge is -2.14. The fourth-order valence-electron chi connectivity index (χ4n) is 1.67. The second kappa shape index (κ2) is 4.18. The van der Waals surface area contributed by atoms with Gasteiger partial charge in [-0.05, 0) is 6.42 Å². The zero-order valence-corrected chi connectivity index (χ0v) is 7.27. The van der Waals surface area contributed by atoms with E-state index in [0.717, 1.165) is 12.8 Å². The molecule has 12 heavy (non-hydrogen) atoms. The third-order valence-electron chi connectivity index (χ3n) is 2.40. The van der Waals surface area contributed by atoms with Gasteiger partial charge in [-0.15, -0.1) is 0 Å². The number of nitrogens with one attached hydrogen (secondary N) is 1. The predicted octanol–water partition coefficient (Wildman–Crippen LogP) is -1.16. The van der Waals surface area contributed by atoms with E-state index >= 15 is 0 Å². The molecule has 0 aromatic carbocycles. The van der Waals surface area contributed by atoms with Crippen molar-refractivity contribution in [3.05, 3.63) is 0 Å². The van der Waals surface area contributed by atoms with Crippen molar-refractivity contribution in [2.24, 2.45) is 0 Å². The first-order valence-electron chi connectivity index (χ1n) is 4.43. The lowest BCUT2D eigenvalue weighted by molar-refractivity contribution is 0.0188. The molecule has 0 spiro atoms. The predicted molar refractivity (Wildman–Crippen MR) is 44.7 cm³/mol. The molecule has 0 aliphatic carbocycles. The molecule has 4 heteroatoms. The summed E-state index contributed by atoms with van der Waals surface area (Å²) in [7, 11) is 0. The Labute approximate surface area is 72.2 Å². The van der Waals surface area contributed by atoms with Gasteiger partial charge in [-0.25, -0.2) is 0 Å². The molecular formula is C8H17NO3. The lowest BCUT2D eigenvalue weighted by Crippen LogP contribution is -2.36. The van der Waals surface area contributed by atoms with Crippen LogP contribution in [0.5, 0.6) is 0 Å². The van der Waals surface area contributed by atoms with E-state index < -0.39 is 12.2 Å². The summed E-state index contributed by atoms with van der Waals surface area (Å²) in [5, 5.41) is 30.6. The molecule has 1 fully saturated rings. The highest BCUT2D eigenvalue weighted by atomic mass is 16.3. The highest BCUT2D eigenvalue weighted by Crippen LogP contribution is 2.17. The van der Waals surface area contributed by atoms with Crippen molar-refractivity contribution in [2.75, 3.05) is 6.61 Å². The van der Waals surface area contributed by atoms with Crippen LogP contribution in [0.25, 0.3) is 0 Å². The second-order valence-corrected chi connectivity index (χ2v) is 3.33. The smallest absolute Gasteiger partial charge is 0.0989 e. The van der Waals surface area contributed by atoms with Gasteiger partial charge >= 0.3 is 0 Å². The maximum absolute atomic E-state index is 9.47. The van der Waals surface area contributed by atoms with Crippen molar-refractivity contribution in [1.82, 2.24) is 5.32 Å². The van der Waals surface area contributed by atoms with Crippen LogP contribution in [-0.2, 0) is 0 Å². The van der Waals surface area contributed by atoms with Gasteiger partial charge in [0.2, 0.25) is 0 Å². The maximum Gasteiger partial charge on any atom is 0.0989 e. The summed E-state index contributed by atoms with van der Waals surface area (Å²) in [6, 6.07) is -0.432. The summed E-state index contributed by atoms with van der Waals surface area (Å²) >= 11 is 0. The normalized spacial score (nSPS) is 42.0. The SMILES string of the molecule is CCC[C@@H]1N[C@@H](CO)[C@@H](O)[C@@H]1O. The summed E-state index contributed by atoms with van der Waals surface area (Å²) in [5.74, 6) is 0. The van der Waals surface area contributed by atoms with Crippen LogP contribution in [0.2, 0.25) is 0 Å². The zero-order valence-electron chi connectivity index (χ0n) is 7.27. The van der Waals surface area contributed by atoms with E-state index in [1.807, 2.05) is 6.92 Å². The van der Waals surface area contributed by atoms with Crippen LogP contribution in [-0.4, -0.2) is 46.2 Å². The molecule has 0 unspecified atom stereocenters. The highest BCUT2D eigenvalue weighted by molar-refractivity contribution is 4.97. The molecule has 72 valence electrons. The van der Waals surface area contributed by atoms with E-state index in [4.69, 9.17) is 5.11 Å². The van der Waals surface area contributed by atoms with Gasteiger partial charge in [0, 0.05) is 6.04 Å². The van der Waals surface area contributed by atoms with E-state index in [1.165, 1.54) is 0 Å². The van der Waals surface area contributed by atoms with E-state index in [-0.39, 0.29) is 18.7 Å². The topological polar surface area (TPSA) is 72.7 Å². The van der Waals surface area contributed by atoms with Gasteiger partial charge in [-0.2, -0.15) is 0 Å². The van der Waals surface area contributed by atoms with Crippen LogP contribution >= 0.6 is 0 Å². The van der Waals surface area contributed by atoms with Crippen molar-refractivity contribution in [1.29, 1.82) is 0 Å². The van der Waals surface area contributed by atoms with Crippen molar-refractivity contribution in [2.45, 2.75) is 44.1 Å². The van der Waals surface area contributed by atoms with Gasteiger partial charge < -0.3 is 20.6 Å². The molecule has 1 rings (SSSR count). The molecule has 1 saturated heterocycles. The third kappa shape index (κ3) is 1.77. The Hall–Kier alpha value is -0.160. The number of aliphatic hydroxyl groups is 3. The molecule has 1 aliphatic rings. The van der Waals surface area contributed by atoms with Crippen LogP contribution in [0.4, 0.5) is 0 Å². The Kier molecular flexibility index (Phi) is 3.46. The Morgan fingerprint density at radius 2 is 1.75 bits per heavy atom. The van der Waals surface area contributed by atoms with E-state index in [9.17, 15) is 10.2 Å². The van der Waals surface area contributed by atoms with Crippen LogP contribution in [0.1, 0.15) is 19.8 Å². The number of rotatable bonds is 3. The lowest BCUT2D eigenvalue weighted by atomic mass is 10.1. The summed E-state index contributed by atoms with van der Waals surface area (Å²) in [6.07, 6.45) is 0.225. The summed E-state index contributed by atoms with van der Waals surface area (Å²) in [5.41, 5.74) is 0. The van der Waals surface area contributed by atoms with Gasteiger partial charge in [0.1, 0.15) is 0 Å². The first-order chi connectivity index (χ1) is 5.70. The summed E-state index contributed by atoms with van der Waals surface area (Å²) in [4.78, 5) is 0. The fraction of sp³-hybridized carbons (Fsp3) is 1.00. The Morgan fingerprint density at radius 1 is 1.17 bits per heavy atom. The maximum atomic E-state index is 9.47. The van der Waals surface area contributed by atoms with Crippen LogP contribution in [0, 0.1) is 0 Å². The molecule has 0 aromatic heterocycles. The van der Waals surface area contributed by atoms with Crippen LogP contribution in [0.15, 0.2) is 0 Å². The van der Waals surface area contributed by atoms with E-state index in [2.05, 4.69) is 5.32 Å². The van der Waals surface area contributed by atoms with Crippen LogP contribution < -0.4 is 5.32 Å². The quantitative estimate of drug-likeness (QED) is 0.436. The van der Waals surface area contributed by atoms with Gasteiger partial charge in [-0.1, -0.05) is 13.3 Å². The molecule has 0 amide bonds. The Morgan fingerprint density at radius 3 is 2.17 bits per heavy atom. The average molecular weight is 175 g/mol. The van der Waals surface area contributed by atoms with Crippen molar-refractivity contribution < 1.29 is 15.3 Å². The van der Waals surface area contributed by atoms with E-state index in [0.29, 0.717) is 0 Å². The molecule has 0 saturated carbocycles. The monoisotopic (exact) mass is 175 g/mol. The van der Waals surface area contributed by atoms with E-state index in [1.54, 1.807) is 0 Å². The minimum atomic E-state index is -0.827. The molecular weight excluding hydrogens is 158 g/mol. The zero-order chi connectivity index (χ0) is 9.14. The molecule has 4 atom stereocenters. The minimum absolute atomic E-state index is 0.0675. The molecule has 4 nitrogen and oxygen atoms in total. The van der Waals surface area contributed by atoms with Crippen molar-refractivity contribution in [3.63, 3.8) is 0 Å². The number of hydrogen-bond donors (Lipinski definition) is 4. The Bertz CT molecular complexity index is 142. The van der Waals surface area contributed by atoms with Crippen LogP contribution in [0.3, 0.4) is 0 Å². The second-order valence-electron chi connectivity index (χ2n) is 3.33. The fourth-order valence-corrected chi connectivity index (χ4v) is 1.67. The highest BCUT2D eigenvalue weighted by Gasteiger charge is 2.39. The first kappa shape index (κ1) is 9.92. The van der Waals surface area contributed by atoms with Crippen molar-refractivity contribution >= 4 is 0 Å². The molecule has 0 aromatic rings. The van der Waals surface area contributed by atoms with Gasteiger partial charge in [0.05, 0.1) is 24.9 Å². The number of hydrogen-bond acceptors (Lipinski definition) is 4. The average Bonchev–Trinajstić information content (AvgIpc) is 2.33. The van der Waals surface area contributed by atoms with Gasteiger partial charge in [-0.3, -0.25) is 0 Å². The molecule has 1 aliphatic heterocycles.